The van der Waals surface area contributed by atoms with E-state index in [9.17, 15) is 9.90 Å². The Balaban J connectivity index is 1.84. The molecule has 116 valence electrons. The highest BCUT2D eigenvalue weighted by molar-refractivity contribution is 14.1. The van der Waals surface area contributed by atoms with Crippen molar-refractivity contribution in [2.75, 3.05) is 18.5 Å². The van der Waals surface area contributed by atoms with Gasteiger partial charge in [-0.1, -0.05) is 0 Å². The maximum atomic E-state index is 11.3. The van der Waals surface area contributed by atoms with Crippen molar-refractivity contribution in [2.45, 2.75) is 6.10 Å². The van der Waals surface area contributed by atoms with Crippen LogP contribution in [0.25, 0.3) is 0 Å². The number of benzene rings is 1. The zero-order chi connectivity index (χ0) is 15.9. The first-order chi connectivity index (χ1) is 10.6. The van der Waals surface area contributed by atoms with Gasteiger partial charge in [0.05, 0.1) is 11.3 Å². The fourth-order valence-corrected chi connectivity index (χ4v) is 2.11. The Hall–Kier alpha value is -1.87. The second kappa shape index (κ2) is 7.95. The van der Waals surface area contributed by atoms with Crippen molar-refractivity contribution >= 4 is 34.2 Å². The minimum Gasteiger partial charge on any atom is -0.491 e. The number of halogens is 1. The van der Waals surface area contributed by atoms with Crippen molar-refractivity contribution in [2.24, 2.45) is 5.73 Å². The number of aromatic nitrogens is 1. The molecule has 1 atom stereocenters. The second-order valence-corrected chi connectivity index (χ2v) is 5.83. The summed E-state index contributed by atoms with van der Waals surface area (Å²) in [5, 5.41) is 12.9. The van der Waals surface area contributed by atoms with Gasteiger partial charge in [0.15, 0.2) is 0 Å². The third-order valence-electron chi connectivity index (χ3n) is 2.87. The van der Waals surface area contributed by atoms with Crippen molar-refractivity contribution in [3.63, 3.8) is 0 Å². The van der Waals surface area contributed by atoms with Crippen LogP contribution in [0.1, 0.15) is 10.4 Å². The molecule has 0 aliphatic heterocycles. The molecule has 6 nitrogen and oxygen atoms in total. The average Bonchev–Trinajstić information content (AvgIpc) is 2.52. The zero-order valence-corrected chi connectivity index (χ0v) is 13.9. The Morgan fingerprint density at radius 3 is 2.77 bits per heavy atom. The number of pyridine rings is 1. The summed E-state index contributed by atoms with van der Waals surface area (Å²) < 4.78 is 6.61. The number of amides is 1. The molecule has 1 aromatic carbocycles. The third kappa shape index (κ3) is 4.85. The van der Waals surface area contributed by atoms with Gasteiger partial charge in [0, 0.05) is 22.5 Å². The summed E-state index contributed by atoms with van der Waals surface area (Å²) >= 11 is 2.21. The number of primary amides is 1. The van der Waals surface area contributed by atoms with E-state index < -0.39 is 12.0 Å². The molecule has 0 aliphatic carbocycles. The summed E-state index contributed by atoms with van der Waals surface area (Å²) in [7, 11) is 0. The molecule has 0 spiro atoms. The minimum absolute atomic E-state index is 0.143. The predicted molar refractivity (Wildman–Crippen MR) is 91.9 cm³/mol. The highest BCUT2D eigenvalue weighted by atomic mass is 127. The predicted octanol–water partition coefficient (Wildman–Crippen LogP) is 1.64. The van der Waals surface area contributed by atoms with Crippen LogP contribution in [0.15, 0.2) is 42.7 Å². The van der Waals surface area contributed by atoms with Crippen LogP contribution >= 0.6 is 22.6 Å². The first-order valence-electron chi connectivity index (χ1n) is 6.60. The summed E-state index contributed by atoms with van der Waals surface area (Å²) in [4.78, 5) is 15.1. The molecule has 1 aromatic heterocycles. The number of aliphatic hydroxyl groups excluding tert-OH is 1. The number of ether oxygens (including phenoxy) is 1. The van der Waals surface area contributed by atoms with Crippen molar-refractivity contribution in [1.82, 2.24) is 4.98 Å². The van der Waals surface area contributed by atoms with Crippen LogP contribution in [0.4, 0.5) is 5.69 Å². The molecule has 1 heterocycles. The molecule has 0 aliphatic rings. The Morgan fingerprint density at radius 1 is 1.36 bits per heavy atom. The van der Waals surface area contributed by atoms with E-state index in [0.717, 1.165) is 3.57 Å². The third-order valence-corrected chi connectivity index (χ3v) is 3.59. The van der Waals surface area contributed by atoms with E-state index in [1.165, 1.54) is 6.20 Å². The maximum Gasteiger partial charge on any atom is 0.252 e. The van der Waals surface area contributed by atoms with E-state index in [1.54, 1.807) is 12.3 Å². The van der Waals surface area contributed by atoms with Crippen molar-refractivity contribution in [3.05, 3.63) is 51.9 Å². The fraction of sp³-hybridized carbons (Fsp3) is 0.200. The molecular weight excluding hydrogens is 397 g/mol. The topological polar surface area (TPSA) is 97.5 Å². The van der Waals surface area contributed by atoms with Gasteiger partial charge in [-0.15, -0.1) is 0 Å². The molecule has 2 rings (SSSR count). The number of nitrogens with zero attached hydrogens (tertiary/aromatic N) is 1. The first kappa shape index (κ1) is 16.5. The van der Waals surface area contributed by atoms with Crippen LogP contribution in [-0.2, 0) is 0 Å². The van der Waals surface area contributed by atoms with Crippen LogP contribution in [0.2, 0.25) is 0 Å². The molecule has 7 heteroatoms. The Morgan fingerprint density at radius 2 is 2.09 bits per heavy atom. The summed E-state index contributed by atoms with van der Waals surface area (Å²) in [5.74, 6) is 0.126. The molecule has 1 unspecified atom stereocenters. The van der Waals surface area contributed by atoms with Gasteiger partial charge in [0.1, 0.15) is 18.5 Å². The quantitative estimate of drug-likeness (QED) is 0.600. The van der Waals surface area contributed by atoms with Crippen LogP contribution in [0.3, 0.4) is 0 Å². The Labute approximate surface area is 141 Å². The summed E-state index contributed by atoms with van der Waals surface area (Å²) in [5.41, 5.74) is 6.08. The van der Waals surface area contributed by atoms with E-state index in [1.807, 2.05) is 24.3 Å². The van der Waals surface area contributed by atoms with Gasteiger partial charge < -0.3 is 20.9 Å². The number of nitrogens with two attached hydrogens (primary N) is 1. The number of rotatable bonds is 7. The molecule has 0 radical (unpaired) electrons. The number of hydrogen-bond acceptors (Lipinski definition) is 5. The Kier molecular flexibility index (Phi) is 5.96. The average molecular weight is 413 g/mol. The van der Waals surface area contributed by atoms with Crippen LogP contribution in [0.5, 0.6) is 5.75 Å². The van der Waals surface area contributed by atoms with Gasteiger partial charge in [-0.3, -0.25) is 9.78 Å². The number of carbonyl (C=O) groups excluding carboxylic acids is 1. The Bertz CT molecular complexity index is 634. The zero-order valence-electron chi connectivity index (χ0n) is 11.7. The number of nitrogens with one attached hydrogen (secondary N) is 1. The highest BCUT2D eigenvalue weighted by Crippen LogP contribution is 2.15. The fourth-order valence-electron chi connectivity index (χ4n) is 1.75. The van der Waals surface area contributed by atoms with Gasteiger partial charge in [-0.05, 0) is 52.9 Å². The SMILES string of the molecule is NC(=O)c1cnccc1NCC(O)COc1ccc(I)cc1. The summed E-state index contributed by atoms with van der Waals surface area (Å²) in [6.07, 6.45) is 2.20. The van der Waals surface area contributed by atoms with E-state index in [-0.39, 0.29) is 18.7 Å². The lowest BCUT2D eigenvalue weighted by atomic mass is 10.2. The van der Waals surface area contributed by atoms with Crippen molar-refractivity contribution in [1.29, 1.82) is 0 Å². The lowest BCUT2D eigenvalue weighted by Gasteiger charge is -2.15. The molecule has 0 bridgehead atoms. The van der Waals surface area contributed by atoms with Gasteiger partial charge in [0.25, 0.3) is 5.91 Å². The molecule has 4 N–H and O–H groups in total. The van der Waals surface area contributed by atoms with E-state index in [0.29, 0.717) is 11.4 Å². The molecule has 0 saturated carbocycles. The van der Waals surface area contributed by atoms with Crippen LogP contribution < -0.4 is 15.8 Å². The lowest BCUT2D eigenvalue weighted by Crippen LogP contribution is -2.27. The van der Waals surface area contributed by atoms with Gasteiger partial charge in [-0.25, -0.2) is 0 Å². The van der Waals surface area contributed by atoms with E-state index in [4.69, 9.17) is 10.5 Å². The highest BCUT2D eigenvalue weighted by Gasteiger charge is 2.10. The van der Waals surface area contributed by atoms with E-state index >= 15 is 0 Å². The largest absolute Gasteiger partial charge is 0.491 e. The second-order valence-electron chi connectivity index (χ2n) is 4.59. The first-order valence-corrected chi connectivity index (χ1v) is 7.68. The van der Waals surface area contributed by atoms with E-state index in [2.05, 4.69) is 32.9 Å². The molecule has 0 saturated heterocycles. The normalized spacial score (nSPS) is 11.7. The summed E-state index contributed by atoms with van der Waals surface area (Å²) in [6, 6.07) is 9.17. The van der Waals surface area contributed by atoms with Gasteiger partial charge in [0.2, 0.25) is 0 Å². The molecule has 0 fully saturated rings. The molecule has 2 aromatic rings. The van der Waals surface area contributed by atoms with Crippen LogP contribution in [0, 0.1) is 3.57 Å². The maximum absolute atomic E-state index is 11.3. The number of anilines is 1. The standard InChI is InChI=1S/C15H16IN3O3/c16-10-1-3-12(4-2-10)22-9-11(20)7-19-14-5-6-18-8-13(14)15(17)21/h1-6,8,11,20H,7,9H2,(H2,17,21)(H,18,19). The van der Waals surface area contributed by atoms with Crippen LogP contribution in [-0.4, -0.2) is 35.3 Å². The molecule has 1 amide bonds. The van der Waals surface area contributed by atoms with Crippen molar-refractivity contribution in [3.8, 4) is 5.75 Å². The number of carbonyl (C=O) groups is 1. The lowest BCUT2D eigenvalue weighted by molar-refractivity contribution is 0.1000. The molecular formula is C15H16IN3O3. The number of hydrogen-bond donors (Lipinski definition) is 3. The smallest absolute Gasteiger partial charge is 0.252 e. The summed E-state index contributed by atoms with van der Waals surface area (Å²) in [6.45, 7) is 0.374. The van der Waals surface area contributed by atoms with Gasteiger partial charge in [-0.2, -0.15) is 0 Å². The van der Waals surface area contributed by atoms with Crippen molar-refractivity contribution < 1.29 is 14.6 Å². The monoisotopic (exact) mass is 413 g/mol. The van der Waals surface area contributed by atoms with Gasteiger partial charge >= 0.3 is 0 Å². The number of aliphatic hydroxyl groups is 1. The molecule has 22 heavy (non-hydrogen) atoms. The minimum atomic E-state index is -0.729.